The predicted octanol–water partition coefficient (Wildman–Crippen LogP) is 3.44. The van der Waals surface area contributed by atoms with E-state index in [9.17, 15) is 18.0 Å². The predicted molar refractivity (Wildman–Crippen MR) is 126 cm³/mol. The molecule has 0 N–H and O–H groups in total. The first-order valence-corrected chi connectivity index (χ1v) is 12.3. The minimum atomic E-state index is -3.68. The van der Waals surface area contributed by atoms with Gasteiger partial charge >= 0.3 is 0 Å². The summed E-state index contributed by atoms with van der Waals surface area (Å²) in [5.74, 6) is -0.219. The molecule has 33 heavy (non-hydrogen) atoms. The number of carbonyl (C=O) groups excluding carboxylic acids is 2. The van der Waals surface area contributed by atoms with Crippen LogP contribution in [0, 0.1) is 13.8 Å². The van der Waals surface area contributed by atoms with Crippen molar-refractivity contribution in [3.05, 3.63) is 83.2 Å². The summed E-state index contributed by atoms with van der Waals surface area (Å²) in [5, 5.41) is 0. The summed E-state index contributed by atoms with van der Waals surface area (Å²) in [6.07, 6.45) is 0. The van der Waals surface area contributed by atoms with Crippen LogP contribution in [0.2, 0.25) is 0 Å². The normalized spacial score (nSPS) is 14.9. The number of nitrogens with zero attached hydrogens (tertiary/aromatic N) is 3. The summed E-state index contributed by atoms with van der Waals surface area (Å²) >= 11 is 0. The van der Waals surface area contributed by atoms with E-state index in [1.807, 2.05) is 38.1 Å². The van der Waals surface area contributed by atoms with Gasteiger partial charge < -0.3 is 9.47 Å². The van der Waals surface area contributed by atoms with Crippen molar-refractivity contribution in [2.75, 3.05) is 26.2 Å². The molecule has 8 heteroatoms. The third kappa shape index (κ3) is 4.49. The summed E-state index contributed by atoms with van der Waals surface area (Å²) in [7, 11) is -3.68. The van der Waals surface area contributed by atoms with E-state index >= 15 is 0 Å². The van der Waals surface area contributed by atoms with E-state index < -0.39 is 10.0 Å². The molecule has 1 aliphatic heterocycles. The second-order valence-electron chi connectivity index (χ2n) is 8.28. The number of ketones is 1. The molecule has 3 aromatic rings. The molecule has 0 spiro atoms. The second kappa shape index (κ2) is 8.96. The number of aromatic nitrogens is 1. The zero-order chi connectivity index (χ0) is 23.8. The average Bonchev–Trinajstić information content (AvgIpc) is 3.16. The van der Waals surface area contributed by atoms with E-state index in [1.165, 1.54) is 35.5 Å². The number of Topliss-reactive ketones (excluding diaryl/α,β-unsaturated/α-hetero) is 1. The molecule has 2 heterocycles. The van der Waals surface area contributed by atoms with Crippen LogP contribution in [0.1, 0.15) is 39.0 Å². The highest BCUT2D eigenvalue weighted by molar-refractivity contribution is 7.89. The highest BCUT2D eigenvalue weighted by Crippen LogP contribution is 2.21. The maximum absolute atomic E-state index is 13.0. The summed E-state index contributed by atoms with van der Waals surface area (Å²) in [5.41, 5.74) is 4.30. The number of hydrogen-bond acceptors (Lipinski definition) is 4. The van der Waals surface area contributed by atoms with Crippen molar-refractivity contribution in [2.24, 2.45) is 0 Å². The molecule has 0 aliphatic carbocycles. The van der Waals surface area contributed by atoms with Crippen molar-refractivity contribution < 1.29 is 18.0 Å². The first kappa shape index (κ1) is 22.9. The molecule has 1 saturated heterocycles. The molecule has 0 unspecified atom stereocenters. The van der Waals surface area contributed by atoms with Crippen LogP contribution >= 0.6 is 0 Å². The maximum atomic E-state index is 13.0. The maximum Gasteiger partial charge on any atom is 0.253 e. The Labute approximate surface area is 194 Å². The van der Waals surface area contributed by atoms with Gasteiger partial charge in [0.05, 0.1) is 4.90 Å². The van der Waals surface area contributed by atoms with Crippen LogP contribution in [-0.4, -0.2) is 60.1 Å². The Morgan fingerprint density at radius 3 is 1.76 bits per heavy atom. The van der Waals surface area contributed by atoms with Gasteiger partial charge in [-0.3, -0.25) is 9.59 Å². The van der Waals surface area contributed by atoms with E-state index in [0.29, 0.717) is 24.2 Å². The Bertz CT molecular complexity index is 1260. The van der Waals surface area contributed by atoms with Gasteiger partial charge in [-0.05, 0) is 69.3 Å². The number of hydrogen-bond donors (Lipinski definition) is 0. The van der Waals surface area contributed by atoms with Gasteiger partial charge in [-0.2, -0.15) is 4.31 Å². The number of aryl methyl sites for hydroxylation is 2. The fraction of sp³-hybridized carbons (Fsp3) is 0.280. The molecule has 2 aromatic carbocycles. The molecule has 1 fully saturated rings. The van der Waals surface area contributed by atoms with Gasteiger partial charge in [0.15, 0.2) is 5.78 Å². The molecule has 1 aliphatic rings. The Kier molecular flexibility index (Phi) is 6.23. The van der Waals surface area contributed by atoms with Crippen molar-refractivity contribution in [3.8, 4) is 5.69 Å². The summed E-state index contributed by atoms with van der Waals surface area (Å²) < 4.78 is 29.4. The molecule has 0 atom stereocenters. The largest absolute Gasteiger partial charge is 0.336 e. The van der Waals surface area contributed by atoms with E-state index in [0.717, 1.165) is 17.1 Å². The third-order valence-electron chi connectivity index (χ3n) is 6.07. The molecule has 0 saturated carbocycles. The molecule has 7 nitrogen and oxygen atoms in total. The standard InChI is InChI=1S/C25H27N3O4S/c1-18-4-5-19(2)28(18)23-10-6-22(7-11-23)25(30)26-14-16-27(17-15-26)33(31,32)24-12-8-21(9-13-24)20(3)29/h4-13H,14-17H2,1-3H3. The number of amides is 1. The van der Waals surface area contributed by atoms with Gasteiger partial charge in [0, 0.05) is 54.4 Å². The second-order valence-corrected chi connectivity index (χ2v) is 10.2. The van der Waals surface area contributed by atoms with Crippen molar-refractivity contribution in [2.45, 2.75) is 25.7 Å². The van der Waals surface area contributed by atoms with E-state index in [2.05, 4.69) is 16.7 Å². The van der Waals surface area contributed by atoms with Gasteiger partial charge in [-0.25, -0.2) is 8.42 Å². The lowest BCUT2D eigenvalue weighted by atomic mass is 10.1. The number of sulfonamides is 1. The van der Waals surface area contributed by atoms with Crippen LogP contribution in [0.5, 0.6) is 0 Å². The fourth-order valence-corrected chi connectivity index (χ4v) is 5.58. The first-order valence-electron chi connectivity index (χ1n) is 10.8. The van der Waals surface area contributed by atoms with Crippen molar-refractivity contribution >= 4 is 21.7 Å². The van der Waals surface area contributed by atoms with Crippen molar-refractivity contribution in [1.82, 2.24) is 13.8 Å². The highest BCUT2D eigenvalue weighted by Gasteiger charge is 2.30. The zero-order valence-electron chi connectivity index (χ0n) is 19.0. The van der Waals surface area contributed by atoms with Crippen molar-refractivity contribution in [3.63, 3.8) is 0 Å². The van der Waals surface area contributed by atoms with Gasteiger partial charge in [0.1, 0.15) is 0 Å². The lowest BCUT2D eigenvalue weighted by Gasteiger charge is -2.34. The van der Waals surface area contributed by atoms with Gasteiger partial charge in [-0.15, -0.1) is 0 Å². The molecule has 1 amide bonds. The Hall–Kier alpha value is -3.23. The quantitative estimate of drug-likeness (QED) is 0.541. The van der Waals surface area contributed by atoms with Crippen LogP contribution in [0.4, 0.5) is 0 Å². The first-order chi connectivity index (χ1) is 15.7. The smallest absolute Gasteiger partial charge is 0.253 e. The highest BCUT2D eigenvalue weighted by atomic mass is 32.2. The number of benzene rings is 2. The van der Waals surface area contributed by atoms with Crippen LogP contribution < -0.4 is 0 Å². The van der Waals surface area contributed by atoms with Crippen LogP contribution in [-0.2, 0) is 10.0 Å². The van der Waals surface area contributed by atoms with Gasteiger partial charge in [0.25, 0.3) is 5.91 Å². The van der Waals surface area contributed by atoms with E-state index in [-0.39, 0.29) is 29.7 Å². The zero-order valence-corrected chi connectivity index (χ0v) is 19.8. The molecule has 0 radical (unpaired) electrons. The topological polar surface area (TPSA) is 79.7 Å². The minimum Gasteiger partial charge on any atom is -0.336 e. The summed E-state index contributed by atoms with van der Waals surface area (Å²) in [4.78, 5) is 26.3. The molecule has 1 aromatic heterocycles. The van der Waals surface area contributed by atoms with Gasteiger partial charge in [-0.1, -0.05) is 12.1 Å². The lowest BCUT2D eigenvalue weighted by molar-refractivity contribution is 0.0698. The Balaban J connectivity index is 1.42. The Morgan fingerprint density at radius 2 is 1.24 bits per heavy atom. The van der Waals surface area contributed by atoms with Crippen LogP contribution in [0.25, 0.3) is 5.69 Å². The number of rotatable bonds is 5. The minimum absolute atomic E-state index is 0.106. The molecular formula is C25H27N3O4S. The Morgan fingerprint density at radius 1 is 0.727 bits per heavy atom. The van der Waals surface area contributed by atoms with E-state index in [4.69, 9.17) is 0 Å². The lowest BCUT2D eigenvalue weighted by Crippen LogP contribution is -2.50. The average molecular weight is 466 g/mol. The van der Waals surface area contributed by atoms with Crippen LogP contribution in [0.15, 0.2) is 65.6 Å². The number of carbonyl (C=O) groups is 2. The van der Waals surface area contributed by atoms with Gasteiger partial charge in [0.2, 0.25) is 10.0 Å². The molecule has 4 rings (SSSR count). The van der Waals surface area contributed by atoms with Crippen LogP contribution in [0.3, 0.4) is 0 Å². The third-order valence-corrected chi connectivity index (χ3v) is 7.98. The number of piperazine rings is 1. The monoisotopic (exact) mass is 465 g/mol. The van der Waals surface area contributed by atoms with E-state index in [1.54, 1.807) is 4.90 Å². The molecule has 0 bridgehead atoms. The molecule has 172 valence electrons. The summed E-state index contributed by atoms with van der Waals surface area (Å²) in [6.45, 7) is 6.61. The SMILES string of the molecule is CC(=O)c1ccc(S(=O)(=O)N2CCN(C(=O)c3ccc(-n4c(C)ccc4C)cc3)CC2)cc1. The summed E-state index contributed by atoms with van der Waals surface area (Å²) in [6, 6.07) is 17.6. The van der Waals surface area contributed by atoms with Crippen molar-refractivity contribution in [1.29, 1.82) is 0 Å². The fourth-order valence-electron chi connectivity index (χ4n) is 4.15. The molecular weight excluding hydrogens is 438 g/mol.